The minimum Gasteiger partial charge on any atom is -0.493 e. The summed E-state index contributed by atoms with van der Waals surface area (Å²) in [4.78, 5) is 24.6. The molecule has 0 fully saturated rings. The summed E-state index contributed by atoms with van der Waals surface area (Å²) in [6.07, 6.45) is 2.28. The van der Waals surface area contributed by atoms with Gasteiger partial charge in [-0.25, -0.2) is 14.8 Å². The Balaban J connectivity index is 1.66. The molecule has 3 heterocycles. The highest BCUT2D eigenvalue weighted by Crippen LogP contribution is 2.22. The number of pyridine rings is 2. The van der Waals surface area contributed by atoms with Gasteiger partial charge < -0.3 is 19.5 Å². The molecule has 30 heavy (non-hydrogen) atoms. The van der Waals surface area contributed by atoms with E-state index in [1.807, 2.05) is 16.7 Å². The molecule has 0 aliphatic carbocycles. The zero-order valence-electron chi connectivity index (χ0n) is 16.3. The Morgan fingerprint density at radius 2 is 1.97 bits per heavy atom. The van der Waals surface area contributed by atoms with Gasteiger partial charge in [0.1, 0.15) is 5.82 Å². The number of methoxy groups -OCH3 is 1. The summed E-state index contributed by atoms with van der Waals surface area (Å²) in [5.74, 6) is -0.223. The van der Waals surface area contributed by atoms with Gasteiger partial charge in [0.2, 0.25) is 5.88 Å². The summed E-state index contributed by atoms with van der Waals surface area (Å²) in [6.45, 7) is 1.04. The molecule has 0 saturated heterocycles. The van der Waals surface area contributed by atoms with E-state index in [9.17, 15) is 15.0 Å². The van der Waals surface area contributed by atoms with E-state index in [-0.39, 0.29) is 11.4 Å². The molecule has 3 aromatic heterocycles. The van der Waals surface area contributed by atoms with Gasteiger partial charge in [0.15, 0.2) is 0 Å². The Bertz CT molecular complexity index is 1200. The van der Waals surface area contributed by atoms with Crippen LogP contribution in [0, 0.1) is 0 Å². The average molecular weight is 404 g/mol. The molecular weight excluding hydrogens is 384 g/mol. The zero-order chi connectivity index (χ0) is 21.1. The zero-order valence-corrected chi connectivity index (χ0v) is 16.3. The number of benzene rings is 1. The Morgan fingerprint density at radius 1 is 1.10 bits per heavy atom. The number of hydrogen-bond donors (Lipinski definition) is 2. The van der Waals surface area contributed by atoms with Crippen LogP contribution < -0.4 is 0 Å². The monoisotopic (exact) mass is 404 g/mol. The molecule has 1 aromatic carbocycles. The van der Waals surface area contributed by atoms with Crippen molar-refractivity contribution in [3.63, 3.8) is 0 Å². The molecule has 8 heteroatoms. The van der Waals surface area contributed by atoms with Crippen molar-refractivity contribution >= 4 is 17.0 Å². The maximum Gasteiger partial charge on any atom is 0.335 e. The third kappa shape index (κ3) is 3.99. The fourth-order valence-electron chi connectivity index (χ4n) is 3.30. The number of imidazole rings is 1. The van der Waals surface area contributed by atoms with Crippen molar-refractivity contribution in [2.45, 2.75) is 13.0 Å². The van der Waals surface area contributed by atoms with Gasteiger partial charge in [-0.2, -0.15) is 0 Å². The normalized spacial score (nSPS) is 11.1. The maximum atomic E-state index is 11.4. The predicted octanol–water partition coefficient (Wildman–Crippen LogP) is 3.13. The molecule has 0 aliphatic heterocycles. The van der Waals surface area contributed by atoms with Crippen molar-refractivity contribution in [1.82, 2.24) is 19.5 Å². The standard InChI is InChI=1S/C22H20N4O4/c1-30-10-9-26-19-12-15(22(28)29)6-8-18(19)24-20(26)11-14-5-7-16(23-13-14)17-3-2-4-21(27)25-17/h2-8,12-13H,9-11H2,1H3,(H,25,27)(H,28,29). The van der Waals surface area contributed by atoms with Crippen molar-refractivity contribution in [2.24, 2.45) is 0 Å². The number of hydrogen-bond acceptors (Lipinski definition) is 6. The van der Waals surface area contributed by atoms with E-state index in [4.69, 9.17) is 9.72 Å². The summed E-state index contributed by atoms with van der Waals surface area (Å²) >= 11 is 0. The first-order chi connectivity index (χ1) is 14.5. The molecule has 0 unspecified atom stereocenters. The van der Waals surface area contributed by atoms with Gasteiger partial charge >= 0.3 is 5.97 Å². The van der Waals surface area contributed by atoms with Gasteiger partial charge in [0, 0.05) is 32.3 Å². The Labute approximate surface area is 172 Å². The van der Waals surface area contributed by atoms with Crippen molar-refractivity contribution in [3.8, 4) is 17.3 Å². The Hall–Kier alpha value is -3.78. The molecule has 0 amide bonds. The number of nitrogens with zero attached hydrogens (tertiary/aromatic N) is 4. The molecule has 4 rings (SSSR count). The summed E-state index contributed by atoms with van der Waals surface area (Å²) in [6, 6.07) is 13.7. The van der Waals surface area contributed by atoms with Crippen molar-refractivity contribution in [3.05, 3.63) is 71.7 Å². The first-order valence-electron chi connectivity index (χ1n) is 9.38. The van der Waals surface area contributed by atoms with E-state index in [1.165, 1.54) is 6.07 Å². The number of carboxylic acid groups (broad SMARTS) is 1. The van der Waals surface area contributed by atoms with Gasteiger partial charge in [0.25, 0.3) is 0 Å². The van der Waals surface area contributed by atoms with Crippen molar-refractivity contribution in [2.75, 3.05) is 13.7 Å². The lowest BCUT2D eigenvalue weighted by Gasteiger charge is -2.09. The highest BCUT2D eigenvalue weighted by Gasteiger charge is 2.14. The van der Waals surface area contributed by atoms with Crippen LogP contribution in [0.1, 0.15) is 21.7 Å². The Morgan fingerprint density at radius 3 is 2.67 bits per heavy atom. The summed E-state index contributed by atoms with van der Waals surface area (Å²) in [7, 11) is 1.62. The Kier molecular flexibility index (Phi) is 5.40. The summed E-state index contributed by atoms with van der Waals surface area (Å²) in [5.41, 5.74) is 3.92. The maximum absolute atomic E-state index is 11.4. The number of fused-ring (bicyclic) bond motifs is 1. The largest absolute Gasteiger partial charge is 0.493 e. The first-order valence-corrected chi connectivity index (χ1v) is 9.38. The predicted molar refractivity (Wildman–Crippen MR) is 111 cm³/mol. The molecule has 0 bridgehead atoms. The first kappa shape index (κ1) is 19.5. The SMILES string of the molecule is COCCn1c(Cc2ccc(-c3cccc(O)n3)nc2)nc2ccc(C(=O)O)cc21. The van der Waals surface area contributed by atoms with Crippen LogP contribution in [0.3, 0.4) is 0 Å². The number of ether oxygens (including phenoxy) is 1. The van der Waals surface area contributed by atoms with Gasteiger partial charge in [-0.1, -0.05) is 12.1 Å². The van der Waals surface area contributed by atoms with Crippen LogP contribution in [0.15, 0.2) is 54.7 Å². The second-order valence-corrected chi connectivity index (χ2v) is 6.79. The second-order valence-electron chi connectivity index (χ2n) is 6.79. The molecule has 0 aliphatic rings. The highest BCUT2D eigenvalue weighted by atomic mass is 16.5. The van der Waals surface area contributed by atoms with E-state index in [0.29, 0.717) is 31.0 Å². The van der Waals surface area contributed by atoms with E-state index >= 15 is 0 Å². The number of carbonyl (C=O) groups is 1. The third-order valence-corrected chi connectivity index (χ3v) is 4.78. The lowest BCUT2D eigenvalue weighted by Crippen LogP contribution is -2.09. The van der Waals surface area contributed by atoms with Crippen molar-refractivity contribution < 1.29 is 19.7 Å². The molecule has 0 atom stereocenters. The molecular formula is C22H20N4O4. The minimum atomic E-state index is -0.974. The van der Waals surface area contributed by atoms with Crippen LogP contribution >= 0.6 is 0 Å². The molecule has 0 spiro atoms. The molecule has 8 nitrogen and oxygen atoms in total. The van der Waals surface area contributed by atoms with E-state index in [2.05, 4.69) is 9.97 Å². The van der Waals surface area contributed by atoms with Crippen LogP contribution in [0.2, 0.25) is 0 Å². The minimum absolute atomic E-state index is 0.0500. The number of aromatic carboxylic acids is 1. The number of rotatable bonds is 7. The second kappa shape index (κ2) is 8.30. The molecule has 0 radical (unpaired) electrons. The van der Waals surface area contributed by atoms with Crippen LogP contribution in [-0.4, -0.2) is 49.4 Å². The van der Waals surface area contributed by atoms with E-state index in [1.54, 1.807) is 43.6 Å². The molecule has 2 N–H and O–H groups in total. The summed E-state index contributed by atoms with van der Waals surface area (Å²) in [5, 5.41) is 18.9. The van der Waals surface area contributed by atoms with E-state index in [0.717, 1.165) is 22.4 Å². The topological polar surface area (TPSA) is 110 Å². The fourth-order valence-corrected chi connectivity index (χ4v) is 3.30. The molecule has 4 aromatic rings. The molecule has 0 saturated carbocycles. The number of carboxylic acids is 1. The van der Waals surface area contributed by atoms with Crippen LogP contribution in [-0.2, 0) is 17.7 Å². The average Bonchev–Trinajstić information content (AvgIpc) is 3.08. The summed E-state index contributed by atoms with van der Waals surface area (Å²) < 4.78 is 7.20. The van der Waals surface area contributed by atoms with Gasteiger partial charge in [-0.05, 0) is 35.9 Å². The van der Waals surface area contributed by atoms with Crippen LogP contribution in [0.4, 0.5) is 0 Å². The van der Waals surface area contributed by atoms with Crippen LogP contribution in [0.5, 0.6) is 5.88 Å². The fraction of sp³-hybridized carbons (Fsp3) is 0.182. The van der Waals surface area contributed by atoms with Crippen molar-refractivity contribution in [1.29, 1.82) is 0 Å². The lowest BCUT2D eigenvalue weighted by molar-refractivity contribution is 0.0697. The van der Waals surface area contributed by atoms with Crippen LogP contribution in [0.25, 0.3) is 22.4 Å². The quantitative estimate of drug-likeness (QED) is 0.487. The number of aromatic nitrogens is 4. The van der Waals surface area contributed by atoms with E-state index < -0.39 is 5.97 Å². The smallest absolute Gasteiger partial charge is 0.335 e. The highest BCUT2D eigenvalue weighted by molar-refractivity contribution is 5.92. The molecule has 152 valence electrons. The van der Waals surface area contributed by atoms with Gasteiger partial charge in [-0.3, -0.25) is 4.98 Å². The third-order valence-electron chi connectivity index (χ3n) is 4.78. The van der Waals surface area contributed by atoms with Gasteiger partial charge in [-0.15, -0.1) is 0 Å². The number of aromatic hydroxyl groups is 1. The lowest BCUT2D eigenvalue weighted by atomic mass is 10.1. The van der Waals surface area contributed by atoms with Gasteiger partial charge in [0.05, 0.1) is 34.6 Å².